The van der Waals surface area contributed by atoms with E-state index in [1.807, 2.05) is 4.98 Å². The topological polar surface area (TPSA) is 165 Å². The number of hydrogen-bond acceptors (Lipinski definition) is 9. The second kappa shape index (κ2) is 12.8. The van der Waals surface area contributed by atoms with Crippen LogP contribution in [0, 0.1) is 5.82 Å². The zero-order chi connectivity index (χ0) is 32.0. The average molecular weight is 653 g/mol. The Kier molecular flexibility index (Phi) is 10.3. The Morgan fingerprint density at radius 2 is 1.95 bits per heavy atom. The molecule has 3 saturated heterocycles. The van der Waals surface area contributed by atoms with Crippen molar-refractivity contribution < 1.29 is 42.1 Å². The van der Waals surface area contributed by atoms with Gasteiger partial charge >= 0.3 is 13.4 Å². The van der Waals surface area contributed by atoms with Gasteiger partial charge in [-0.25, -0.2) is 14.4 Å². The van der Waals surface area contributed by atoms with Crippen molar-refractivity contribution in [3.05, 3.63) is 32.9 Å². The zero-order valence-electron chi connectivity index (χ0n) is 25.9. The van der Waals surface area contributed by atoms with Crippen molar-refractivity contribution in [2.75, 3.05) is 32.8 Å². The summed E-state index contributed by atoms with van der Waals surface area (Å²) >= 11 is 0. The van der Waals surface area contributed by atoms with Crippen LogP contribution in [0.3, 0.4) is 0 Å². The Bertz CT molecular complexity index is 1300. The molecule has 3 aliphatic heterocycles. The molecule has 3 N–H and O–H groups in total. The van der Waals surface area contributed by atoms with Gasteiger partial charge in [-0.3, -0.25) is 14.3 Å². The molecule has 43 heavy (non-hydrogen) atoms. The van der Waals surface area contributed by atoms with Gasteiger partial charge in [-0.05, 0) is 38.4 Å². The third kappa shape index (κ3) is 8.50. The molecule has 0 amide bonds. The van der Waals surface area contributed by atoms with Crippen molar-refractivity contribution in [1.82, 2.24) is 19.3 Å². The van der Waals surface area contributed by atoms with Gasteiger partial charge in [0.15, 0.2) is 14.1 Å². The molecule has 14 nitrogen and oxygen atoms in total. The van der Waals surface area contributed by atoms with Gasteiger partial charge in [0.1, 0.15) is 6.23 Å². The molecule has 246 valence electrons. The van der Waals surface area contributed by atoms with E-state index in [4.69, 9.17) is 23.4 Å². The Morgan fingerprint density at radius 1 is 1.26 bits per heavy atom. The average Bonchev–Trinajstić information content (AvgIpc) is 3.41. The highest BCUT2D eigenvalue weighted by Gasteiger charge is 2.47. The number of hydrazine groups is 1. The van der Waals surface area contributed by atoms with Gasteiger partial charge in [0.25, 0.3) is 5.56 Å². The molecule has 4 heterocycles. The highest BCUT2D eigenvalue weighted by molar-refractivity contribution is 7.49. The molecule has 0 saturated carbocycles. The van der Waals surface area contributed by atoms with Crippen LogP contribution in [0.5, 0.6) is 0 Å². The van der Waals surface area contributed by atoms with E-state index in [9.17, 15) is 28.3 Å². The minimum Gasteiger partial charge on any atom is -0.411 e. The third-order valence-corrected chi connectivity index (χ3v) is 14.2. The van der Waals surface area contributed by atoms with Crippen molar-refractivity contribution in [2.24, 2.45) is 0 Å². The van der Waals surface area contributed by atoms with Crippen LogP contribution in [0.25, 0.3) is 0 Å². The Balaban J connectivity index is 1.50. The predicted octanol–water partition coefficient (Wildman–Crippen LogP) is 2.30. The first-order valence-electron chi connectivity index (χ1n) is 14.6. The summed E-state index contributed by atoms with van der Waals surface area (Å²) in [5.41, 5.74) is -1.90. The molecule has 17 heteroatoms. The molecule has 2 unspecified atom stereocenters. The molecule has 0 aromatic carbocycles. The first-order chi connectivity index (χ1) is 19.8. The maximum atomic E-state index is 14.1. The lowest BCUT2D eigenvalue weighted by Gasteiger charge is -2.42. The van der Waals surface area contributed by atoms with Crippen LogP contribution in [0.15, 0.2) is 15.8 Å². The lowest BCUT2D eigenvalue weighted by Crippen LogP contribution is -2.52. The van der Waals surface area contributed by atoms with Crippen LogP contribution in [0.4, 0.5) is 4.39 Å². The Labute approximate surface area is 251 Å². The van der Waals surface area contributed by atoms with E-state index in [1.54, 1.807) is 18.9 Å². The molecule has 0 bridgehead atoms. The summed E-state index contributed by atoms with van der Waals surface area (Å²) in [6, 6.07) is 0. The van der Waals surface area contributed by atoms with Crippen LogP contribution < -0.4 is 11.2 Å². The van der Waals surface area contributed by atoms with Gasteiger partial charge < -0.3 is 33.2 Å². The van der Waals surface area contributed by atoms with Gasteiger partial charge in [-0.1, -0.05) is 20.8 Å². The normalized spacial score (nSPS) is 29.0. The number of nitrogens with one attached hydrogen (secondary N) is 1. The van der Waals surface area contributed by atoms with E-state index < -0.39 is 63.5 Å². The zero-order valence-corrected chi connectivity index (χ0v) is 27.8. The molecule has 0 radical (unpaired) electrons. The fraction of sp³-hybridized carbons (Fsp3) is 0.846. The summed E-state index contributed by atoms with van der Waals surface area (Å²) in [5, 5.41) is 1.48. The fourth-order valence-electron chi connectivity index (χ4n) is 5.35. The number of H-pyrrole nitrogens is 1. The van der Waals surface area contributed by atoms with Crippen molar-refractivity contribution in [3.63, 3.8) is 0 Å². The smallest absolute Gasteiger partial charge is 0.411 e. The first kappa shape index (κ1) is 34.6. The van der Waals surface area contributed by atoms with E-state index in [0.29, 0.717) is 19.4 Å². The number of aromatic amines is 1. The van der Waals surface area contributed by atoms with Gasteiger partial charge in [0.05, 0.1) is 43.8 Å². The number of nitrogens with zero attached hydrogens (tertiary/aromatic N) is 3. The summed E-state index contributed by atoms with van der Waals surface area (Å²) in [7, 11) is -6.98. The Hall–Kier alpha value is -1.30. The molecular formula is C26H46FN4O10PSi. The van der Waals surface area contributed by atoms with Gasteiger partial charge in [0, 0.05) is 32.5 Å². The highest BCUT2D eigenvalue weighted by Crippen LogP contribution is 2.44. The van der Waals surface area contributed by atoms with Crippen LogP contribution in [-0.2, 0) is 27.9 Å². The molecule has 3 fully saturated rings. The van der Waals surface area contributed by atoms with Crippen LogP contribution in [-0.4, -0.2) is 100 Å². The SMILES string of the molecule is CC1(C)OCC(CCN(N2CCOC(C[C@H]3O[C@@H](n4cc(F)c(=O)[nH]c4=O)C[C@@H]3O[Si](C)(C)C(C)(C)C)C2)P(=O)(O)O)O1. The fourth-order valence-corrected chi connectivity index (χ4v) is 7.58. The lowest BCUT2D eigenvalue weighted by atomic mass is 10.1. The summed E-state index contributed by atoms with van der Waals surface area (Å²) in [6.45, 7) is 15.2. The number of hydrogen-bond donors (Lipinski definition) is 3. The predicted molar refractivity (Wildman–Crippen MR) is 156 cm³/mol. The number of morpholine rings is 1. The van der Waals surface area contributed by atoms with Gasteiger partial charge in [0.2, 0.25) is 5.82 Å². The van der Waals surface area contributed by atoms with Crippen LogP contribution in [0.2, 0.25) is 18.1 Å². The van der Waals surface area contributed by atoms with E-state index in [1.165, 1.54) is 0 Å². The molecule has 0 aliphatic carbocycles. The lowest BCUT2D eigenvalue weighted by molar-refractivity contribution is -0.142. The van der Waals surface area contributed by atoms with Crippen molar-refractivity contribution in [2.45, 2.75) is 108 Å². The number of ether oxygens (including phenoxy) is 4. The second-order valence-electron chi connectivity index (χ2n) is 13.4. The van der Waals surface area contributed by atoms with Crippen LogP contribution in [0.1, 0.15) is 60.1 Å². The first-order valence-corrected chi connectivity index (χ1v) is 19.1. The molecule has 5 atom stereocenters. The number of halogens is 1. The van der Waals surface area contributed by atoms with E-state index in [2.05, 4.69) is 33.9 Å². The third-order valence-electron chi connectivity index (χ3n) is 8.63. The molecule has 1 aromatic rings. The molecular weight excluding hydrogens is 606 g/mol. The summed E-state index contributed by atoms with van der Waals surface area (Å²) in [6.07, 6.45) is -0.949. The standard InChI is InChI=1S/C26H46FN4O10PSi/c1-25(2,3)43(6,7)41-21-13-22(30-15-19(27)23(32)28-24(30)33)39-20(21)12-18-14-29(10-11-37-18)31(42(34,35)36)9-8-17-16-38-26(4,5)40-17/h15,17-18,20-22H,8-14,16H2,1-7H3,(H,28,32,33)(H2,34,35,36)/t17?,18?,20-,21+,22-/m1/s1. The van der Waals surface area contributed by atoms with E-state index >= 15 is 0 Å². The molecule has 3 aliphatic rings. The quantitative estimate of drug-likeness (QED) is 0.250. The van der Waals surface area contributed by atoms with Gasteiger partial charge in [-0.15, -0.1) is 4.78 Å². The minimum atomic E-state index is -4.66. The maximum Gasteiger partial charge on any atom is 0.416 e. The monoisotopic (exact) mass is 652 g/mol. The second-order valence-corrected chi connectivity index (χ2v) is 19.7. The number of aromatic nitrogens is 2. The maximum absolute atomic E-state index is 14.1. The summed E-state index contributed by atoms with van der Waals surface area (Å²) < 4.78 is 59.2. The molecule has 0 spiro atoms. The van der Waals surface area contributed by atoms with Crippen molar-refractivity contribution in [1.29, 1.82) is 0 Å². The molecule has 1 aromatic heterocycles. The minimum absolute atomic E-state index is 0.0565. The van der Waals surface area contributed by atoms with E-state index in [-0.39, 0.29) is 43.8 Å². The van der Waals surface area contributed by atoms with E-state index in [0.717, 1.165) is 15.5 Å². The van der Waals surface area contributed by atoms with Gasteiger partial charge in [-0.2, -0.15) is 4.39 Å². The molecule has 4 rings (SSSR count). The summed E-state index contributed by atoms with van der Waals surface area (Å²) in [4.78, 5) is 46.5. The summed E-state index contributed by atoms with van der Waals surface area (Å²) in [5.74, 6) is -1.84. The highest BCUT2D eigenvalue weighted by atomic mass is 31.2. The Morgan fingerprint density at radius 3 is 2.56 bits per heavy atom. The van der Waals surface area contributed by atoms with Crippen molar-refractivity contribution in [3.8, 4) is 0 Å². The largest absolute Gasteiger partial charge is 0.416 e. The van der Waals surface area contributed by atoms with Crippen LogP contribution >= 0.6 is 7.75 Å². The number of rotatable bonds is 10. The van der Waals surface area contributed by atoms with Crippen molar-refractivity contribution >= 4 is 16.1 Å².